The van der Waals surface area contributed by atoms with Gasteiger partial charge in [0.15, 0.2) is 0 Å². The Bertz CT molecular complexity index is 763. The fraction of sp³-hybridized carbons (Fsp3) is 0.133. The van der Waals surface area contributed by atoms with Crippen molar-refractivity contribution in [2.75, 3.05) is 0 Å². The highest BCUT2D eigenvalue weighted by molar-refractivity contribution is 8.18. The third kappa shape index (κ3) is 2.50. The first-order valence-corrected chi connectivity index (χ1v) is 7.22. The quantitative estimate of drug-likeness (QED) is 0.866. The molecule has 2 aromatic heterocycles. The largest absolute Gasteiger partial charge is 0.316 e. The highest BCUT2D eigenvalue weighted by Gasteiger charge is 2.25. The number of amides is 2. The molecule has 1 aliphatic heterocycles. The van der Waals surface area contributed by atoms with Gasteiger partial charge in [-0.25, -0.2) is 0 Å². The van der Waals surface area contributed by atoms with E-state index < -0.39 is 0 Å². The summed E-state index contributed by atoms with van der Waals surface area (Å²) >= 11 is 0.928. The molecule has 0 spiro atoms. The van der Waals surface area contributed by atoms with Crippen molar-refractivity contribution in [2.45, 2.75) is 13.8 Å². The Balaban J connectivity index is 2.05. The minimum atomic E-state index is -0.337. The first-order chi connectivity index (χ1) is 10.1. The van der Waals surface area contributed by atoms with Crippen LogP contribution in [0.5, 0.6) is 0 Å². The molecule has 0 bridgehead atoms. The van der Waals surface area contributed by atoms with E-state index in [9.17, 15) is 9.59 Å². The molecule has 0 aromatic carbocycles. The molecule has 1 fully saturated rings. The first kappa shape index (κ1) is 13.6. The first-order valence-electron chi connectivity index (χ1n) is 6.40. The summed E-state index contributed by atoms with van der Waals surface area (Å²) in [5.41, 5.74) is 3.93. The van der Waals surface area contributed by atoms with Gasteiger partial charge in [-0.2, -0.15) is 0 Å². The van der Waals surface area contributed by atoms with Gasteiger partial charge in [0.05, 0.1) is 16.8 Å². The van der Waals surface area contributed by atoms with Gasteiger partial charge in [-0.1, -0.05) is 0 Å². The van der Waals surface area contributed by atoms with Crippen molar-refractivity contribution in [3.05, 3.63) is 52.4 Å². The lowest BCUT2D eigenvalue weighted by Crippen LogP contribution is -2.17. The third-order valence-corrected chi connectivity index (χ3v) is 4.11. The van der Waals surface area contributed by atoms with Gasteiger partial charge in [0, 0.05) is 17.6 Å². The van der Waals surface area contributed by atoms with Crippen molar-refractivity contribution in [3.63, 3.8) is 0 Å². The monoisotopic (exact) mass is 299 g/mol. The maximum Gasteiger partial charge on any atom is 0.290 e. The van der Waals surface area contributed by atoms with Crippen molar-refractivity contribution in [1.82, 2.24) is 14.9 Å². The normalized spacial score (nSPS) is 16.6. The van der Waals surface area contributed by atoms with Crippen LogP contribution in [0, 0.1) is 13.8 Å². The predicted molar refractivity (Wildman–Crippen MR) is 82.1 cm³/mol. The Hall–Kier alpha value is -2.34. The number of aryl methyl sites for hydroxylation is 1. The lowest BCUT2D eigenvalue weighted by Gasteiger charge is -2.08. The van der Waals surface area contributed by atoms with Gasteiger partial charge in [-0.05, 0) is 55.4 Å². The van der Waals surface area contributed by atoms with Crippen molar-refractivity contribution in [1.29, 1.82) is 0 Å². The number of hydrogen-bond acceptors (Lipinski definition) is 4. The van der Waals surface area contributed by atoms with Crippen molar-refractivity contribution in [2.24, 2.45) is 0 Å². The Kier molecular flexibility index (Phi) is 3.39. The molecule has 1 saturated heterocycles. The molecule has 6 heteroatoms. The molecule has 2 aromatic rings. The summed E-state index contributed by atoms with van der Waals surface area (Å²) in [7, 11) is 0. The van der Waals surface area contributed by atoms with Crippen LogP contribution in [-0.2, 0) is 4.79 Å². The summed E-state index contributed by atoms with van der Waals surface area (Å²) in [5.74, 6) is -0.337. The number of carbonyl (C=O) groups excluding carboxylic acids is 2. The lowest BCUT2D eigenvalue weighted by molar-refractivity contribution is -0.115. The molecule has 21 heavy (non-hydrogen) atoms. The summed E-state index contributed by atoms with van der Waals surface area (Å²) in [5, 5.41) is 1.93. The zero-order valence-electron chi connectivity index (χ0n) is 11.6. The zero-order valence-corrected chi connectivity index (χ0v) is 12.4. The molecule has 106 valence electrons. The number of thioether (sulfide) groups is 1. The van der Waals surface area contributed by atoms with Crippen molar-refractivity contribution < 1.29 is 9.59 Å². The molecule has 0 radical (unpaired) electrons. The van der Waals surface area contributed by atoms with Crippen LogP contribution in [0.3, 0.4) is 0 Å². The highest BCUT2D eigenvalue weighted by atomic mass is 32.2. The number of nitrogens with one attached hydrogen (secondary N) is 1. The predicted octanol–water partition coefficient (Wildman–Crippen LogP) is 2.81. The smallest absolute Gasteiger partial charge is 0.290 e. The molecular weight excluding hydrogens is 286 g/mol. The van der Waals surface area contributed by atoms with Gasteiger partial charge in [-0.3, -0.25) is 19.9 Å². The van der Waals surface area contributed by atoms with Crippen LogP contribution in [0.1, 0.15) is 17.0 Å². The fourth-order valence-corrected chi connectivity index (χ4v) is 3.05. The topological polar surface area (TPSA) is 64.0 Å². The Morgan fingerprint density at radius 3 is 2.76 bits per heavy atom. The van der Waals surface area contributed by atoms with E-state index in [1.165, 1.54) is 0 Å². The van der Waals surface area contributed by atoms with E-state index >= 15 is 0 Å². The average molecular weight is 299 g/mol. The molecule has 0 saturated carbocycles. The number of nitrogens with zero attached hydrogens (tertiary/aromatic N) is 2. The summed E-state index contributed by atoms with van der Waals surface area (Å²) < 4.78 is 2.07. The van der Waals surface area contributed by atoms with Gasteiger partial charge < -0.3 is 4.57 Å². The van der Waals surface area contributed by atoms with E-state index in [1.807, 2.05) is 32.0 Å². The average Bonchev–Trinajstić information content (AvgIpc) is 2.91. The molecule has 0 aliphatic carbocycles. The van der Waals surface area contributed by atoms with E-state index in [0.717, 1.165) is 34.4 Å². The number of carbonyl (C=O) groups is 2. The minimum Gasteiger partial charge on any atom is -0.316 e. The fourth-order valence-electron chi connectivity index (χ4n) is 2.38. The van der Waals surface area contributed by atoms with Crippen LogP contribution < -0.4 is 5.32 Å². The molecule has 0 atom stereocenters. The molecule has 5 nitrogen and oxygen atoms in total. The second kappa shape index (κ2) is 5.21. The molecule has 3 rings (SSSR count). The van der Waals surface area contributed by atoms with Gasteiger partial charge in [0.25, 0.3) is 11.1 Å². The zero-order chi connectivity index (χ0) is 15.0. The van der Waals surface area contributed by atoms with E-state index in [-0.39, 0.29) is 11.1 Å². The molecular formula is C15H13N3O2S. The second-order valence-corrected chi connectivity index (χ2v) is 5.74. The third-order valence-electron chi connectivity index (χ3n) is 3.30. The van der Waals surface area contributed by atoms with E-state index in [0.29, 0.717) is 4.91 Å². The van der Waals surface area contributed by atoms with Gasteiger partial charge in [-0.15, -0.1) is 0 Å². The SMILES string of the molecule is Cc1cc(/C=C2/SC(=O)NC2=O)c(C)n1-c1cccnc1. The van der Waals surface area contributed by atoms with Crippen molar-refractivity contribution >= 4 is 29.0 Å². The standard InChI is InChI=1S/C15H13N3O2S/c1-9-6-11(7-13-14(19)17-15(20)21-13)10(2)18(9)12-4-3-5-16-8-12/h3-8H,1-2H3,(H,17,19,20)/b13-7+. The number of hydrogen-bond donors (Lipinski definition) is 1. The minimum absolute atomic E-state index is 0.327. The summed E-state index contributed by atoms with van der Waals surface area (Å²) in [6.07, 6.45) is 5.27. The summed E-state index contributed by atoms with van der Waals surface area (Å²) in [6.45, 7) is 3.97. The Labute approximate surface area is 126 Å². The molecule has 0 unspecified atom stereocenters. The van der Waals surface area contributed by atoms with E-state index in [4.69, 9.17) is 0 Å². The lowest BCUT2D eigenvalue weighted by atomic mass is 10.2. The maximum absolute atomic E-state index is 11.6. The Morgan fingerprint density at radius 2 is 2.14 bits per heavy atom. The van der Waals surface area contributed by atoms with Crippen LogP contribution in [0.25, 0.3) is 11.8 Å². The van der Waals surface area contributed by atoms with Crippen LogP contribution >= 0.6 is 11.8 Å². The van der Waals surface area contributed by atoms with Crippen LogP contribution in [0.4, 0.5) is 4.79 Å². The van der Waals surface area contributed by atoms with E-state index in [2.05, 4.69) is 14.9 Å². The van der Waals surface area contributed by atoms with Crippen LogP contribution in [-0.4, -0.2) is 20.7 Å². The molecule has 3 heterocycles. The highest BCUT2D eigenvalue weighted by Crippen LogP contribution is 2.28. The Morgan fingerprint density at radius 1 is 1.33 bits per heavy atom. The summed E-state index contributed by atoms with van der Waals surface area (Å²) in [6, 6.07) is 5.85. The number of imide groups is 1. The number of pyridine rings is 1. The molecule has 2 amide bonds. The molecule has 1 N–H and O–H groups in total. The van der Waals surface area contributed by atoms with Gasteiger partial charge >= 0.3 is 0 Å². The molecule has 1 aliphatic rings. The number of aromatic nitrogens is 2. The van der Waals surface area contributed by atoms with Gasteiger partial charge in [0.1, 0.15) is 0 Å². The second-order valence-electron chi connectivity index (χ2n) is 4.73. The maximum atomic E-state index is 11.6. The number of rotatable bonds is 2. The van der Waals surface area contributed by atoms with E-state index in [1.54, 1.807) is 18.5 Å². The van der Waals surface area contributed by atoms with Gasteiger partial charge in [0.2, 0.25) is 0 Å². The summed E-state index contributed by atoms with van der Waals surface area (Å²) in [4.78, 5) is 27.4. The van der Waals surface area contributed by atoms with Crippen LogP contribution in [0.2, 0.25) is 0 Å². The van der Waals surface area contributed by atoms with Crippen LogP contribution in [0.15, 0.2) is 35.5 Å². The van der Waals surface area contributed by atoms with Crippen molar-refractivity contribution in [3.8, 4) is 5.69 Å².